The highest BCUT2D eigenvalue weighted by molar-refractivity contribution is 6.41. The molecule has 0 radical (unpaired) electrons. The van der Waals surface area contributed by atoms with Gasteiger partial charge in [-0.15, -0.1) is 0 Å². The van der Waals surface area contributed by atoms with Gasteiger partial charge in [-0.3, -0.25) is 5.32 Å². The van der Waals surface area contributed by atoms with Crippen molar-refractivity contribution in [2.75, 3.05) is 5.32 Å². The second-order valence-corrected chi connectivity index (χ2v) is 6.10. The van der Waals surface area contributed by atoms with Crippen molar-refractivity contribution >= 4 is 35.1 Å². The number of rotatable bonds is 4. The van der Waals surface area contributed by atoms with E-state index in [1.54, 1.807) is 23.0 Å². The fourth-order valence-electron chi connectivity index (χ4n) is 2.26. The molecular weight excluding hydrogens is 361 g/mol. The van der Waals surface area contributed by atoms with Crippen molar-refractivity contribution in [3.63, 3.8) is 0 Å². The number of hydrogen-bond acceptors (Lipinski definition) is 3. The Morgan fingerprint density at radius 1 is 1.16 bits per heavy atom. The highest BCUT2D eigenvalue weighted by Gasteiger charge is 2.11. The first kappa shape index (κ1) is 17.3. The molecule has 0 aliphatic heterocycles. The van der Waals surface area contributed by atoms with Gasteiger partial charge in [-0.1, -0.05) is 35.3 Å². The molecule has 0 spiro atoms. The van der Waals surface area contributed by atoms with Gasteiger partial charge in [0, 0.05) is 12.4 Å². The molecule has 0 fully saturated rings. The summed E-state index contributed by atoms with van der Waals surface area (Å²) < 4.78 is 1.77. The second-order valence-electron chi connectivity index (χ2n) is 5.33. The lowest BCUT2D eigenvalue weighted by molar-refractivity contribution is 0.249. The Kier molecular flexibility index (Phi) is 5.21. The van der Waals surface area contributed by atoms with Crippen LogP contribution in [-0.4, -0.2) is 20.8 Å². The first-order chi connectivity index (χ1) is 12.0. The van der Waals surface area contributed by atoms with Crippen LogP contribution in [0.5, 0.6) is 0 Å². The predicted octanol–water partition coefficient (Wildman–Crippen LogP) is 4.46. The van der Waals surface area contributed by atoms with Crippen LogP contribution in [0.25, 0.3) is 5.69 Å². The van der Waals surface area contributed by atoms with Crippen LogP contribution in [0.2, 0.25) is 10.2 Å². The molecule has 3 rings (SSSR count). The molecule has 0 unspecified atom stereocenters. The summed E-state index contributed by atoms with van der Waals surface area (Å²) in [6.07, 6.45) is 3.59. The molecule has 2 aromatic heterocycles. The zero-order valence-electron chi connectivity index (χ0n) is 13.3. The summed E-state index contributed by atoms with van der Waals surface area (Å²) in [7, 11) is 0. The summed E-state index contributed by atoms with van der Waals surface area (Å²) in [5.41, 5.74) is 1.92. The summed E-state index contributed by atoms with van der Waals surface area (Å²) in [6.45, 7) is 1.89. The van der Waals surface area contributed by atoms with E-state index in [-0.39, 0.29) is 17.2 Å². The first-order valence-electron chi connectivity index (χ1n) is 7.52. The van der Waals surface area contributed by atoms with Crippen LogP contribution in [0, 0.1) is 0 Å². The fourth-order valence-corrected chi connectivity index (χ4v) is 2.52. The number of aromatic nitrogens is 3. The Morgan fingerprint density at radius 3 is 2.56 bits per heavy atom. The number of hydrogen-bond donors (Lipinski definition) is 2. The van der Waals surface area contributed by atoms with Gasteiger partial charge in [0.2, 0.25) is 0 Å². The molecule has 0 saturated heterocycles. The van der Waals surface area contributed by atoms with Gasteiger partial charge in [0.25, 0.3) is 0 Å². The molecular formula is C17H15Cl2N5O. The average Bonchev–Trinajstić information content (AvgIpc) is 3.13. The van der Waals surface area contributed by atoms with E-state index in [2.05, 4.69) is 20.7 Å². The number of nitrogens with one attached hydrogen (secondary N) is 2. The van der Waals surface area contributed by atoms with E-state index in [1.807, 2.05) is 43.5 Å². The van der Waals surface area contributed by atoms with Gasteiger partial charge in [0.05, 0.1) is 16.8 Å². The zero-order valence-corrected chi connectivity index (χ0v) is 14.8. The molecule has 2 N–H and O–H groups in total. The van der Waals surface area contributed by atoms with Gasteiger partial charge >= 0.3 is 6.03 Å². The second kappa shape index (κ2) is 7.55. The molecule has 1 atom stereocenters. The molecule has 1 aromatic carbocycles. The first-order valence-corrected chi connectivity index (χ1v) is 8.28. The number of carbonyl (C=O) groups excluding carboxylic acids is 1. The number of benzene rings is 1. The van der Waals surface area contributed by atoms with Crippen LogP contribution < -0.4 is 10.6 Å². The van der Waals surface area contributed by atoms with Crippen LogP contribution in [0.3, 0.4) is 0 Å². The molecule has 3 aromatic rings. The van der Waals surface area contributed by atoms with E-state index >= 15 is 0 Å². The van der Waals surface area contributed by atoms with E-state index < -0.39 is 0 Å². The van der Waals surface area contributed by atoms with Crippen molar-refractivity contribution in [1.82, 2.24) is 20.1 Å². The predicted molar refractivity (Wildman–Crippen MR) is 98.4 cm³/mol. The van der Waals surface area contributed by atoms with E-state index in [0.29, 0.717) is 10.8 Å². The number of amides is 2. The van der Waals surface area contributed by atoms with Crippen molar-refractivity contribution in [2.24, 2.45) is 0 Å². The van der Waals surface area contributed by atoms with Gasteiger partial charge in [-0.2, -0.15) is 5.10 Å². The number of urea groups is 1. The fraction of sp³-hybridized carbons (Fsp3) is 0.118. The van der Waals surface area contributed by atoms with Crippen LogP contribution >= 0.6 is 23.2 Å². The molecule has 0 aliphatic carbocycles. The van der Waals surface area contributed by atoms with E-state index in [4.69, 9.17) is 23.2 Å². The zero-order chi connectivity index (χ0) is 17.8. The summed E-state index contributed by atoms with van der Waals surface area (Å²) >= 11 is 11.6. The van der Waals surface area contributed by atoms with Crippen molar-refractivity contribution < 1.29 is 4.79 Å². The largest absolute Gasteiger partial charge is 0.331 e. The number of carbonyl (C=O) groups is 1. The number of anilines is 1. The maximum Gasteiger partial charge on any atom is 0.320 e. The summed E-state index contributed by atoms with van der Waals surface area (Å²) in [6, 6.07) is 12.2. The van der Waals surface area contributed by atoms with E-state index in [0.717, 1.165) is 11.3 Å². The Bertz CT molecular complexity index is 865. The third-order valence-corrected chi connectivity index (χ3v) is 4.24. The molecule has 2 heterocycles. The summed E-state index contributed by atoms with van der Waals surface area (Å²) in [5, 5.41) is 10.1. The van der Waals surface area contributed by atoms with Gasteiger partial charge in [0.1, 0.15) is 11.0 Å². The van der Waals surface area contributed by atoms with Crippen LogP contribution in [0.4, 0.5) is 10.6 Å². The third-order valence-electron chi connectivity index (χ3n) is 3.55. The van der Waals surface area contributed by atoms with Crippen LogP contribution in [0.1, 0.15) is 18.5 Å². The van der Waals surface area contributed by atoms with Gasteiger partial charge in [0.15, 0.2) is 0 Å². The lowest BCUT2D eigenvalue weighted by Gasteiger charge is -2.15. The number of halogens is 2. The van der Waals surface area contributed by atoms with E-state index in [1.165, 1.54) is 0 Å². The Morgan fingerprint density at radius 2 is 1.92 bits per heavy atom. The molecule has 0 saturated carbocycles. The molecule has 6 nitrogen and oxygen atoms in total. The minimum absolute atomic E-state index is 0.140. The molecule has 0 aliphatic rings. The Hall–Kier alpha value is -2.57. The topological polar surface area (TPSA) is 71.8 Å². The lowest BCUT2D eigenvalue weighted by atomic mass is 10.1. The summed E-state index contributed by atoms with van der Waals surface area (Å²) in [5.74, 6) is 0.327. The molecule has 2 amide bonds. The Labute approximate surface area is 154 Å². The molecule has 8 heteroatoms. The molecule has 128 valence electrons. The van der Waals surface area contributed by atoms with Crippen molar-refractivity contribution in [3.8, 4) is 5.69 Å². The number of pyridine rings is 1. The van der Waals surface area contributed by atoms with Gasteiger partial charge < -0.3 is 5.32 Å². The smallest absolute Gasteiger partial charge is 0.320 e. The van der Waals surface area contributed by atoms with Gasteiger partial charge in [-0.05, 0) is 42.8 Å². The highest BCUT2D eigenvalue weighted by atomic mass is 35.5. The average molecular weight is 376 g/mol. The van der Waals surface area contributed by atoms with E-state index in [9.17, 15) is 4.79 Å². The van der Waals surface area contributed by atoms with Crippen molar-refractivity contribution in [3.05, 3.63) is 70.6 Å². The maximum atomic E-state index is 12.1. The quantitative estimate of drug-likeness (QED) is 0.661. The third kappa shape index (κ3) is 4.29. The number of nitrogens with zero attached hydrogens (tertiary/aromatic N) is 3. The van der Waals surface area contributed by atoms with Crippen molar-refractivity contribution in [2.45, 2.75) is 13.0 Å². The van der Waals surface area contributed by atoms with Crippen molar-refractivity contribution in [1.29, 1.82) is 0 Å². The normalized spacial score (nSPS) is 11.8. The SMILES string of the molecule is C[C@@H](NC(=O)Nc1ccc(Cl)c(Cl)n1)c1ccc(-n2cccn2)cc1. The minimum atomic E-state index is -0.380. The Balaban J connectivity index is 1.62. The monoisotopic (exact) mass is 375 g/mol. The van der Waals surface area contributed by atoms with Crippen LogP contribution in [0.15, 0.2) is 54.9 Å². The molecule has 25 heavy (non-hydrogen) atoms. The molecule has 0 bridgehead atoms. The lowest BCUT2D eigenvalue weighted by Crippen LogP contribution is -2.31. The maximum absolute atomic E-state index is 12.1. The standard InChI is InChI=1S/C17H15Cl2N5O/c1-11(12-3-5-13(6-4-12)24-10-2-9-20-24)21-17(25)23-15-8-7-14(18)16(19)22-15/h2-11H,1H3,(H2,21,22,23,25)/t11-/m1/s1. The summed E-state index contributed by atoms with van der Waals surface area (Å²) in [4.78, 5) is 16.1. The van der Waals surface area contributed by atoms with Crippen LogP contribution in [-0.2, 0) is 0 Å². The minimum Gasteiger partial charge on any atom is -0.331 e. The highest BCUT2D eigenvalue weighted by Crippen LogP contribution is 2.21. The van der Waals surface area contributed by atoms with Gasteiger partial charge in [-0.25, -0.2) is 14.5 Å².